The topological polar surface area (TPSA) is 53.5 Å². The molecule has 0 bridgehead atoms. The first kappa shape index (κ1) is 18.0. The van der Waals surface area contributed by atoms with E-state index in [1.54, 1.807) is 12.3 Å². The highest BCUT2D eigenvalue weighted by Crippen LogP contribution is 2.24. The molecule has 1 aromatic carbocycles. The van der Waals surface area contributed by atoms with Gasteiger partial charge in [0.2, 0.25) is 5.91 Å². The highest BCUT2D eigenvalue weighted by atomic mass is 16.2. The van der Waals surface area contributed by atoms with Gasteiger partial charge in [-0.25, -0.2) is 0 Å². The largest absolute Gasteiger partial charge is 0.342 e. The molecule has 0 radical (unpaired) electrons. The summed E-state index contributed by atoms with van der Waals surface area (Å²) in [6.07, 6.45) is 7.95. The molecule has 27 heavy (non-hydrogen) atoms. The van der Waals surface area contributed by atoms with Crippen LogP contribution >= 0.6 is 0 Å². The first-order valence-electron chi connectivity index (χ1n) is 10.2. The Morgan fingerprint density at radius 3 is 2.30 bits per heavy atom. The second-order valence-corrected chi connectivity index (χ2v) is 7.68. The number of para-hydroxylation sites is 1. The van der Waals surface area contributed by atoms with Crippen molar-refractivity contribution >= 4 is 22.7 Å². The third-order valence-electron chi connectivity index (χ3n) is 5.93. The number of likely N-dealkylation sites (tertiary alicyclic amines) is 2. The lowest BCUT2D eigenvalue weighted by molar-refractivity contribution is -0.136. The molecule has 0 aliphatic carbocycles. The van der Waals surface area contributed by atoms with Crippen molar-refractivity contribution in [3.63, 3.8) is 0 Å². The van der Waals surface area contributed by atoms with Crippen LogP contribution < -0.4 is 0 Å². The lowest BCUT2D eigenvalue weighted by atomic mass is 9.94. The van der Waals surface area contributed by atoms with Crippen molar-refractivity contribution in [3.8, 4) is 0 Å². The molecule has 2 aromatic rings. The molecule has 0 unspecified atom stereocenters. The number of rotatable bonds is 2. The number of fused-ring (bicyclic) bond motifs is 1. The first-order valence-corrected chi connectivity index (χ1v) is 10.2. The van der Waals surface area contributed by atoms with Gasteiger partial charge in [-0.1, -0.05) is 31.0 Å². The summed E-state index contributed by atoms with van der Waals surface area (Å²) in [4.78, 5) is 34.2. The highest BCUT2D eigenvalue weighted by Gasteiger charge is 2.31. The molecule has 1 aromatic heterocycles. The number of carbonyl (C=O) groups is 2. The van der Waals surface area contributed by atoms with Crippen molar-refractivity contribution in [3.05, 3.63) is 42.1 Å². The molecule has 2 amide bonds. The van der Waals surface area contributed by atoms with E-state index in [0.29, 0.717) is 24.6 Å². The van der Waals surface area contributed by atoms with Crippen LogP contribution in [-0.4, -0.2) is 52.8 Å². The van der Waals surface area contributed by atoms with Crippen molar-refractivity contribution in [2.75, 3.05) is 26.2 Å². The number of piperidine rings is 1. The summed E-state index contributed by atoms with van der Waals surface area (Å²) in [6, 6.07) is 9.55. The molecule has 2 aliphatic rings. The van der Waals surface area contributed by atoms with E-state index in [1.807, 2.05) is 29.2 Å². The monoisotopic (exact) mass is 365 g/mol. The van der Waals surface area contributed by atoms with Gasteiger partial charge >= 0.3 is 0 Å². The number of hydrogen-bond donors (Lipinski definition) is 0. The van der Waals surface area contributed by atoms with Gasteiger partial charge in [0.1, 0.15) is 0 Å². The molecule has 0 saturated carbocycles. The zero-order chi connectivity index (χ0) is 18.6. The average Bonchev–Trinajstić information content (AvgIpc) is 3.02. The Balaban J connectivity index is 1.41. The van der Waals surface area contributed by atoms with Crippen molar-refractivity contribution in [2.24, 2.45) is 5.92 Å². The average molecular weight is 365 g/mol. The number of amides is 2. The van der Waals surface area contributed by atoms with Gasteiger partial charge in [-0.15, -0.1) is 0 Å². The summed E-state index contributed by atoms with van der Waals surface area (Å²) < 4.78 is 0. The van der Waals surface area contributed by atoms with Crippen LogP contribution in [0.5, 0.6) is 0 Å². The van der Waals surface area contributed by atoms with Gasteiger partial charge in [0, 0.05) is 43.7 Å². The lowest BCUT2D eigenvalue weighted by Crippen LogP contribution is -2.44. The molecule has 2 fully saturated rings. The molecular formula is C22H27N3O2. The van der Waals surface area contributed by atoms with E-state index in [-0.39, 0.29) is 11.8 Å². The maximum atomic E-state index is 13.0. The quantitative estimate of drug-likeness (QED) is 0.819. The number of carbonyl (C=O) groups excluding carboxylic acids is 2. The van der Waals surface area contributed by atoms with E-state index in [9.17, 15) is 9.59 Å². The minimum absolute atomic E-state index is 0.0503. The molecule has 0 N–H and O–H groups in total. The zero-order valence-electron chi connectivity index (χ0n) is 15.8. The summed E-state index contributed by atoms with van der Waals surface area (Å²) in [6.45, 7) is 3.11. The van der Waals surface area contributed by atoms with Crippen LogP contribution in [0.4, 0.5) is 0 Å². The van der Waals surface area contributed by atoms with E-state index in [4.69, 9.17) is 0 Å². The van der Waals surface area contributed by atoms with Crippen LogP contribution in [0.1, 0.15) is 48.9 Å². The van der Waals surface area contributed by atoms with Gasteiger partial charge in [-0.05, 0) is 37.8 Å². The third-order valence-corrected chi connectivity index (χ3v) is 5.93. The van der Waals surface area contributed by atoms with Crippen molar-refractivity contribution in [2.45, 2.75) is 38.5 Å². The Kier molecular flexibility index (Phi) is 5.37. The van der Waals surface area contributed by atoms with Crippen LogP contribution in [0.3, 0.4) is 0 Å². The molecule has 5 nitrogen and oxygen atoms in total. The lowest BCUT2D eigenvalue weighted by Gasteiger charge is -2.34. The van der Waals surface area contributed by atoms with Gasteiger partial charge in [0.25, 0.3) is 5.91 Å². The zero-order valence-corrected chi connectivity index (χ0v) is 15.8. The predicted molar refractivity (Wildman–Crippen MR) is 105 cm³/mol. The highest BCUT2D eigenvalue weighted by molar-refractivity contribution is 6.06. The fourth-order valence-corrected chi connectivity index (χ4v) is 4.33. The molecule has 0 spiro atoms. The second-order valence-electron chi connectivity index (χ2n) is 7.68. The fourth-order valence-electron chi connectivity index (χ4n) is 4.33. The summed E-state index contributed by atoms with van der Waals surface area (Å²) in [5.41, 5.74) is 1.55. The first-order chi connectivity index (χ1) is 13.2. The van der Waals surface area contributed by atoms with Gasteiger partial charge < -0.3 is 9.80 Å². The Labute approximate surface area is 160 Å². The number of hydrogen-bond acceptors (Lipinski definition) is 3. The maximum absolute atomic E-state index is 13.0. The van der Waals surface area contributed by atoms with Crippen molar-refractivity contribution in [1.29, 1.82) is 0 Å². The summed E-state index contributed by atoms with van der Waals surface area (Å²) in [5, 5.41) is 0.896. The molecule has 142 valence electrons. The van der Waals surface area contributed by atoms with Crippen LogP contribution in [0, 0.1) is 5.92 Å². The van der Waals surface area contributed by atoms with Gasteiger partial charge in [-0.3, -0.25) is 14.6 Å². The summed E-state index contributed by atoms with van der Waals surface area (Å²) >= 11 is 0. The predicted octanol–water partition coefficient (Wildman–Crippen LogP) is 3.49. The molecule has 2 aliphatic heterocycles. The van der Waals surface area contributed by atoms with Crippen molar-refractivity contribution in [1.82, 2.24) is 14.8 Å². The van der Waals surface area contributed by atoms with Gasteiger partial charge in [-0.2, -0.15) is 0 Å². The number of nitrogens with zero attached hydrogens (tertiary/aromatic N) is 3. The number of aromatic nitrogens is 1. The SMILES string of the molecule is O=C(c1ccnc2ccccc12)N1CCC(C(=O)N2CCCCCC2)CC1. The molecule has 5 heteroatoms. The van der Waals surface area contributed by atoms with Crippen molar-refractivity contribution < 1.29 is 9.59 Å². The minimum atomic E-state index is 0.0503. The molecular weight excluding hydrogens is 338 g/mol. The van der Waals surface area contributed by atoms with E-state index in [0.717, 1.165) is 49.7 Å². The fraction of sp³-hybridized carbons (Fsp3) is 0.500. The van der Waals surface area contributed by atoms with Crippen LogP contribution in [0.2, 0.25) is 0 Å². The van der Waals surface area contributed by atoms with Gasteiger partial charge in [0.05, 0.1) is 11.1 Å². The van der Waals surface area contributed by atoms with Crippen LogP contribution in [-0.2, 0) is 4.79 Å². The molecule has 4 rings (SSSR count). The molecule has 0 atom stereocenters. The molecule has 2 saturated heterocycles. The Morgan fingerprint density at radius 2 is 1.56 bits per heavy atom. The summed E-state index contributed by atoms with van der Waals surface area (Å²) in [5.74, 6) is 0.425. The number of pyridine rings is 1. The number of benzene rings is 1. The Bertz CT molecular complexity index is 814. The normalized spacial score (nSPS) is 19.1. The second kappa shape index (κ2) is 8.07. The summed E-state index contributed by atoms with van der Waals surface area (Å²) in [7, 11) is 0. The van der Waals surface area contributed by atoms with E-state index in [1.165, 1.54) is 12.8 Å². The standard InChI is InChI=1S/C22H27N3O2/c26-21(24-13-5-1-2-6-14-24)17-10-15-25(16-11-17)22(27)19-9-12-23-20-8-4-3-7-18(19)20/h3-4,7-9,12,17H,1-2,5-6,10-11,13-16H2. The molecule has 3 heterocycles. The Morgan fingerprint density at radius 1 is 0.852 bits per heavy atom. The van der Waals surface area contributed by atoms with Crippen LogP contribution in [0.15, 0.2) is 36.5 Å². The van der Waals surface area contributed by atoms with E-state index >= 15 is 0 Å². The van der Waals surface area contributed by atoms with E-state index < -0.39 is 0 Å². The van der Waals surface area contributed by atoms with E-state index in [2.05, 4.69) is 9.88 Å². The Hall–Kier alpha value is -2.43. The van der Waals surface area contributed by atoms with Gasteiger partial charge in [0.15, 0.2) is 0 Å². The third kappa shape index (κ3) is 3.82. The van der Waals surface area contributed by atoms with Crippen LogP contribution in [0.25, 0.3) is 10.9 Å². The smallest absolute Gasteiger partial charge is 0.254 e. The maximum Gasteiger partial charge on any atom is 0.254 e. The minimum Gasteiger partial charge on any atom is -0.342 e.